The predicted octanol–water partition coefficient (Wildman–Crippen LogP) is 9.42. The lowest BCUT2D eigenvalue weighted by Crippen LogP contribution is -2.27. The van der Waals surface area contributed by atoms with Crippen molar-refractivity contribution in [2.24, 2.45) is 0 Å². The van der Waals surface area contributed by atoms with Gasteiger partial charge in [0.05, 0.1) is 33.1 Å². The minimum absolute atomic E-state index is 0.0924. The summed E-state index contributed by atoms with van der Waals surface area (Å²) in [6, 6.07) is 52.0. The highest BCUT2D eigenvalue weighted by Crippen LogP contribution is 2.52. The smallest absolute Gasteiger partial charge is 0.206 e. The number of nitrogens with zero attached hydrogens (tertiary/aromatic N) is 2. The van der Waals surface area contributed by atoms with Gasteiger partial charge in [0.2, 0.25) is 9.84 Å². The predicted molar refractivity (Wildman–Crippen MR) is 195 cm³/mol. The number of hydrogen-bond acceptors (Lipinski definition) is 7. The normalized spacial score (nSPS) is 13.5. The van der Waals surface area contributed by atoms with Gasteiger partial charge in [0, 0.05) is 45.9 Å². The minimum atomic E-state index is -4.04. The first-order valence-corrected chi connectivity index (χ1v) is 17.4. The summed E-state index contributed by atoms with van der Waals surface area (Å²) in [4.78, 5) is 0.334. The Morgan fingerprint density at radius 3 is 1.36 bits per heavy atom. The highest BCUT2D eigenvalue weighted by atomic mass is 32.2. The molecule has 6 aromatic carbocycles. The Bertz CT molecular complexity index is 2320. The first kappa shape index (κ1) is 32.0. The Hall–Kier alpha value is -6.61. The van der Waals surface area contributed by atoms with E-state index < -0.39 is 15.4 Å². The van der Waals surface area contributed by atoms with E-state index in [1.54, 1.807) is 60.7 Å². The van der Waals surface area contributed by atoms with Crippen LogP contribution in [0.4, 0.5) is 22.7 Å². The number of hydrogen-bond donors (Lipinski definition) is 2. The van der Waals surface area contributed by atoms with E-state index in [0.29, 0.717) is 28.1 Å². The number of ether oxygens (including phenoxy) is 1. The Morgan fingerprint density at radius 2 is 0.940 bits per heavy atom. The molecular weight excluding hydrogens is 641 g/mol. The molecule has 2 N–H and O–H groups in total. The number of nitriles is 2. The van der Waals surface area contributed by atoms with Gasteiger partial charge in [0.25, 0.3) is 0 Å². The molecule has 0 saturated carbocycles. The van der Waals surface area contributed by atoms with Crippen molar-refractivity contribution in [3.63, 3.8) is 0 Å². The third kappa shape index (κ3) is 6.32. The molecule has 0 unspecified atom stereocenters. The van der Waals surface area contributed by atoms with Crippen LogP contribution in [0.3, 0.4) is 0 Å². The molecule has 0 aromatic heterocycles. The first-order valence-electron chi connectivity index (χ1n) is 15.9. The Kier molecular flexibility index (Phi) is 8.62. The van der Waals surface area contributed by atoms with Gasteiger partial charge in [0.1, 0.15) is 5.76 Å². The van der Waals surface area contributed by atoms with E-state index in [4.69, 9.17) is 15.3 Å². The van der Waals surface area contributed by atoms with Gasteiger partial charge in [-0.2, -0.15) is 10.5 Å². The molecule has 0 spiro atoms. The maximum Gasteiger partial charge on any atom is 0.206 e. The zero-order chi connectivity index (χ0) is 34.6. The molecule has 1 aliphatic rings. The number of sulfone groups is 1. The Balaban J connectivity index is 1.27. The van der Waals surface area contributed by atoms with Gasteiger partial charge < -0.3 is 15.4 Å². The van der Waals surface area contributed by atoms with E-state index >= 15 is 0 Å². The van der Waals surface area contributed by atoms with Crippen LogP contribution in [-0.4, -0.2) is 8.42 Å². The van der Waals surface area contributed by atoms with Crippen molar-refractivity contribution in [3.05, 3.63) is 190 Å². The quantitative estimate of drug-likeness (QED) is 0.157. The lowest BCUT2D eigenvalue weighted by molar-refractivity contribution is 0.101. The van der Waals surface area contributed by atoms with E-state index in [9.17, 15) is 8.42 Å². The van der Waals surface area contributed by atoms with Crippen LogP contribution in [0.2, 0.25) is 0 Å². The van der Waals surface area contributed by atoms with E-state index in [-0.39, 0.29) is 16.2 Å². The van der Waals surface area contributed by atoms with E-state index in [2.05, 4.69) is 22.8 Å². The SMILES string of the molecule is N#Cc1ccc(Nc2ccc(C3=C(S(=O)(=O)c4ccc(Nc5ccc(C#N)cc5)cc4)CC(c4ccccc4)(c4ccccc4)O3)cc2)cc1. The van der Waals surface area contributed by atoms with Crippen molar-refractivity contribution in [2.75, 3.05) is 10.6 Å². The van der Waals surface area contributed by atoms with E-state index in [1.165, 1.54) is 0 Å². The average Bonchev–Trinajstić information content (AvgIpc) is 3.60. The summed E-state index contributed by atoms with van der Waals surface area (Å²) in [6.45, 7) is 0. The van der Waals surface area contributed by atoms with Gasteiger partial charge in [-0.1, -0.05) is 60.7 Å². The summed E-state index contributed by atoms with van der Waals surface area (Å²) in [7, 11) is -4.04. The second-order valence-electron chi connectivity index (χ2n) is 11.8. The maximum absolute atomic E-state index is 14.6. The van der Waals surface area contributed by atoms with Crippen LogP contribution in [0.15, 0.2) is 168 Å². The fraction of sp³-hybridized carbons (Fsp3) is 0.0476. The van der Waals surface area contributed by atoms with Crippen molar-refractivity contribution < 1.29 is 13.2 Å². The molecule has 50 heavy (non-hydrogen) atoms. The molecule has 6 aromatic rings. The summed E-state index contributed by atoms with van der Waals surface area (Å²) >= 11 is 0. The van der Waals surface area contributed by atoms with Crippen LogP contribution in [0, 0.1) is 22.7 Å². The van der Waals surface area contributed by atoms with E-state index in [0.717, 1.165) is 28.2 Å². The van der Waals surface area contributed by atoms with E-state index in [1.807, 2.05) is 97.1 Å². The van der Waals surface area contributed by atoms with Crippen LogP contribution >= 0.6 is 0 Å². The average molecular weight is 671 g/mol. The molecule has 1 heterocycles. The molecule has 0 atom stereocenters. The van der Waals surface area contributed by atoms with Gasteiger partial charge >= 0.3 is 0 Å². The summed E-state index contributed by atoms with van der Waals surface area (Å²) in [5, 5.41) is 24.8. The zero-order valence-corrected chi connectivity index (χ0v) is 27.6. The van der Waals surface area contributed by atoms with Crippen molar-refractivity contribution in [1.29, 1.82) is 10.5 Å². The van der Waals surface area contributed by atoms with Crippen molar-refractivity contribution in [2.45, 2.75) is 16.9 Å². The fourth-order valence-electron chi connectivity index (χ4n) is 6.07. The number of anilines is 4. The molecule has 7 rings (SSSR count). The van der Waals surface area contributed by atoms with Gasteiger partial charge in [-0.15, -0.1) is 0 Å². The van der Waals surface area contributed by atoms with Crippen LogP contribution < -0.4 is 10.6 Å². The van der Waals surface area contributed by atoms with Crippen LogP contribution in [0.1, 0.15) is 34.2 Å². The molecule has 0 radical (unpaired) electrons. The van der Waals surface area contributed by atoms with Crippen LogP contribution in [0.25, 0.3) is 5.76 Å². The van der Waals surface area contributed by atoms with Gasteiger partial charge in [-0.05, 0) is 97.1 Å². The molecule has 7 nitrogen and oxygen atoms in total. The van der Waals surface area contributed by atoms with Crippen LogP contribution in [0.5, 0.6) is 0 Å². The van der Waals surface area contributed by atoms with Gasteiger partial charge in [0.15, 0.2) is 5.60 Å². The number of rotatable bonds is 9. The Labute approximate surface area is 291 Å². The van der Waals surface area contributed by atoms with Crippen molar-refractivity contribution >= 4 is 38.3 Å². The fourth-order valence-corrected chi connectivity index (χ4v) is 7.64. The third-order valence-corrected chi connectivity index (χ3v) is 10.5. The monoisotopic (exact) mass is 670 g/mol. The lowest BCUT2D eigenvalue weighted by Gasteiger charge is -2.31. The highest BCUT2D eigenvalue weighted by Gasteiger charge is 2.48. The number of benzene rings is 6. The molecule has 0 saturated heterocycles. The molecule has 8 heteroatoms. The Morgan fingerprint density at radius 1 is 0.540 bits per heavy atom. The number of nitrogens with one attached hydrogen (secondary N) is 2. The molecule has 242 valence electrons. The topological polar surface area (TPSA) is 115 Å². The zero-order valence-electron chi connectivity index (χ0n) is 26.7. The highest BCUT2D eigenvalue weighted by molar-refractivity contribution is 7.95. The second kappa shape index (κ2) is 13.5. The lowest BCUT2D eigenvalue weighted by atomic mass is 9.84. The van der Waals surface area contributed by atoms with Crippen molar-refractivity contribution in [1.82, 2.24) is 0 Å². The molecular formula is C42H30N4O3S. The minimum Gasteiger partial charge on any atom is -0.476 e. The first-order chi connectivity index (χ1) is 24.4. The summed E-state index contributed by atoms with van der Waals surface area (Å²) < 4.78 is 36.2. The van der Waals surface area contributed by atoms with Crippen molar-refractivity contribution in [3.8, 4) is 12.1 Å². The largest absolute Gasteiger partial charge is 0.476 e. The maximum atomic E-state index is 14.6. The summed E-state index contributed by atoms with van der Waals surface area (Å²) in [6.07, 6.45) is 0.0924. The third-order valence-electron chi connectivity index (χ3n) is 8.66. The second-order valence-corrected chi connectivity index (χ2v) is 13.8. The standard InChI is InChI=1S/C42H30N4O3S/c43-28-30-11-17-35(18-12-30)45-37-21-15-32(16-22-37)41-40(27-42(49-41,33-7-3-1-4-8-33)34-9-5-2-6-10-34)50(47,48)39-25-23-38(24-26-39)46-36-19-13-31(29-44)14-20-36/h1-26,45-46H,27H2. The summed E-state index contributed by atoms with van der Waals surface area (Å²) in [5.41, 5.74) is 5.45. The molecule has 0 aliphatic carbocycles. The van der Waals surface area contributed by atoms with Gasteiger partial charge in [-0.25, -0.2) is 8.42 Å². The van der Waals surface area contributed by atoms with Crippen LogP contribution in [-0.2, 0) is 20.2 Å². The molecule has 0 bridgehead atoms. The van der Waals surface area contributed by atoms with Gasteiger partial charge in [-0.3, -0.25) is 0 Å². The molecule has 0 amide bonds. The molecule has 0 fully saturated rings. The molecule has 1 aliphatic heterocycles. The summed E-state index contributed by atoms with van der Waals surface area (Å²) in [5.74, 6) is 0.294.